The number of unbranched alkanes of at least 4 members (excludes halogenated alkanes) is 1. The van der Waals surface area contributed by atoms with Crippen LogP contribution in [-0.2, 0) is 4.74 Å². The van der Waals surface area contributed by atoms with Crippen LogP contribution in [0.3, 0.4) is 0 Å². The lowest BCUT2D eigenvalue weighted by molar-refractivity contribution is 0.131. The van der Waals surface area contributed by atoms with Crippen LogP contribution in [0.1, 0.15) is 31.7 Å². The van der Waals surface area contributed by atoms with Gasteiger partial charge in [0, 0.05) is 19.8 Å². The molecule has 0 unspecified atom stereocenters. The Morgan fingerprint density at radius 1 is 1.33 bits per heavy atom. The van der Waals surface area contributed by atoms with Crippen LogP contribution in [-0.4, -0.2) is 19.8 Å². The SMILES string of the molecule is CCCCOCCCNc1ccc(F)cc1C#N. The van der Waals surface area contributed by atoms with Crippen LogP contribution in [0.25, 0.3) is 0 Å². The second-order valence-corrected chi connectivity index (χ2v) is 4.05. The lowest BCUT2D eigenvalue weighted by Gasteiger charge is -2.08. The van der Waals surface area contributed by atoms with Gasteiger partial charge in [-0.3, -0.25) is 0 Å². The van der Waals surface area contributed by atoms with Crippen molar-refractivity contribution < 1.29 is 9.13 Å². The molecule has 1 rings (SSSR count). The van der Waals surface area contributed by atoms with E-state index in [2.05, 4.69) is 12.2 Å². The topological polar surface area (TPSA) is 45.0 Å². The van der Waals surface area contributed by atoms with Crippen LogP contribution in [0, 0.1) is 17.1 Å². The van der Waals surface area contributed by atoms with Gasteiger partial charge in [-0.25, -0.2) is 4.39 Å². The van der Waals surface area contributed by atoms with E-state index in [1.165, 1.54) is 12.1 Å². The maximum absolute atomic E-state index is 12.9. The number of hydrogen-bond acceptors (Lipinski definition) is 3. The fourth-order valence-electron chi connectivity index (χ4n) is 1.51. The first kappa shape index (κ1) is 14.5. The van der Waals surface area contributed by atoms with Crippen molar-refractivity contribution in [2.24, 2.45) is 0 Å². The number of benzene rings is 1. The van der Waals surface area contributed by atoms with Gasteiger partial charge < -0.3 is 10.1 Å². The average Bonchev–Trinajstić information content (AvgIpc) is 2.39. The molecular formula is C14H19FN2O. The molecule has 1 aromatic rings. The highest BCUT2D eigenvalue weighted by molar-refractivity contribution is 5.57. The maximum Gasteiger partial charge on any atom is 0.124 e. The van der Waals surface area contributed by atoms with Crippen molar-refractivity contribution in [3.63, 3.8) is 0 Å². The molecule has 18 heavy (non-hydrogen) atoms. The molecule has 1 aromatic carbocycles. The van der Waals surface area contributed by atoms with Gasteiger partial charge in [-0.15, -0.1) is 0 Å². The summed E-state index contributed by atoms with van der Waals surface area (Å²) < 4.78 is 18.3. The summed E-state index contributed by atoms with van der Waals surface area (Å²) in [6.07, 6.45) is 3.09. The third kappa shape index (κ3) is 5.15. The Kier molecular flexibility index (Phi) is 6.82. The number of halogens is 1. The molecular weight excluding hydrogens is 231 g/mol. The third-order valence-corrected chi connectivity index (χ3v) is 2.53. The molecule has 0 aromatic heterocycles. The van der Waals surface area contributed by atoms with Crippen molar-refractivity contribution >= 4 is 5.69 Å². The molecule has 0 atom stereocenters. The number of ether oxygens (including phenoxy) is 1. The maximum atomic E-state index is 12.9. The van der Waals surface area contributed by atoms with E-state index >= 15 is 0 Å². The van der Waals surface area contributed by atoms with E-state index in [9.17, 15) is 4.39 Å². The molecule has 0 aliphatic rings. The van der Waals surface area contributed by atoms with E-state index in [0.29, 0.717) is 24.4 Å². The number of hydrogen-bond donors (Lipinski definition) is 1. The van der Waals surface area contributed by atoms with Crippen LogP contribution in [0.15, 0.2) is 18.2 Å². The molecule has 0 radical (unpaired) electrons. The lowest BCUT2D eigenvalue weighted by atomic mass is 10.2. The largest absolute Gasteiger partial charge is 0.384 e. The van der Waals surface area contributed by atoms with E-state index < -0.39 is 0 Å². The predicted molar refractivity (Wildman–Crippen MR) is 69.9 cm³/mol. The molecule has 0 amide bonds. The summed E-state index contributed by atoms with van der Waals surface area (Å²) in [5, 5.41) is 12.0. The second-order valence-electron chi connectivity index (χ2n) is 4.05. The molecule has 0 saturated heterocycles. The Hall–Kier alpha value is -1.60. The molecule has 0 heterocycles. The summed E-state index contributed by atoms with van der Waals surface area (Å²) in [7, 11) is 0. The number of nitrogens with zero attached hydrogens (tertiary/aromatic N) is 1. The molecule has 0 saturated carbocycles. The van der Waals surface area contributed by atoms with Crippen molar-refractivity contribution in [3.8, 4) is 6.07 Å². The van der Waals surface area contributed by atoms with Gasteiger partial charge >= 0.3 is 0 Å². The Bertz CT molecular complexity index is 401. The van der Waals surface area contributed by atoms with Gasteiger partial charge in [0.15, 0.2) is 0 Å². The highest BCUT2D eigenvalue weighted by atomic mass is 19.1. The molecule has 0 bridgehead atoms. The molecule has 0 aliphatic carbocycles. The Labute approximate surface area is 108 Å². The normalized spacial score (nSPS) is 10.1. The lowest BCUT2D eigenvalue weighted by Crippen LogP contribution is -2.07. The summed E-state index contributed by atoms with van der Waals surface area (Å²) in [6, 6.07) is 6.14. The van der Waals surface area contributed by atoms with E-state index in [4.69, 9.17) is 10.00 Å². The van der Waals surface area contributed by atoms with Crippen LogP contribution in [0.5, 0.6) is 0 Å². The van der Waals surface area contributed by atoms with Gasteiger partial charge in [0.2, 0.25) is 0 Å². The van der Waals surface area contributed by atoms with Gasteiger partial charge in [0.1, 0.15) is 11.9 Å². The summed E-state index contributed by atoms with van der Waals surface area (Å²) in [6.45, 7) is 4.35. The van der Waals surface area contributed by atoms with E-state index in [-0.39, 0.29) is 5.82 Å². The number of nitriles is 1. The van der Waals surface area contributed by atoms with Gasteiger partial charge in [-0.1, -0.05) is 13.3 Å². The molecule has 4 heteroatoms. The highest BCUT2D eigenvalue weighted by Gasteiger charge is 2.02. The average molecular weight is 250 g/mol. The minimum absolute atomic E-state index is 0.335. The van der Waals surface area contributed by atoms with Crippen molar-refractivity contribution in [2.75, 3.05) is 25.1 Å². The van der Waals surface area contributed by atoms with Crippen molar-refractivity contribution in [1.29, 1.82) is 5.26 Å². The molecule has 1 N–H and O–H groups in total. The van der Waals surface area contributed by atoms with Crippen LogP contribution in [0.2, 0.25) is 0 Å². The van der Waals surface area contributed by atoms with E-state index in [1.807, 2.05) is 6.07 Å². The predicted octanol–water partition coefficient (Wildman–Crippen LogP) is 3.32. The van der Waals surface area contributed by atoms with E-state index in [1.54, 1.807) is 6.07 Å². The van der Waals surface area contributed by atoms with E-state index in [0.717, 1.165) is 25.9 Å². The zero-order valence-electron chi connectivity index (χ0n) is 10.7. The quantitative estimate of drug-likeness (QED) is 0.720. The first-order valence-electron chi connectivity index (χ1n) is 6.29. The number of anilines is 1. The van der Waals surface area contributed by atoms with Gasteiger partial charge in [0.25, 0.3) is 0 Å². The smallest absolute Gasteiger partial charge is 0.124 e. The van der Waals surface area contributed by atoms with Crippen molar-refractivity contribution in [1.82, 2.24) is 0 Å². The summed E-state index contributed by atoms with van der Waals surface area (Å²) in [4.78, 5) is 0. The third-order valence-electron chi connectivity index (χ3n) is 2.53. The van der Waals surface area contributed by atoms with Crippen LogP contribution in [0.4, 0.5) is 10.1 Å². The standard InChI is InChI=1S/C14H19FN2O/c1-2-3-8-18-9-4-7-17-14-6-5-13(15)10-12(14)11-16/h5-6,10,17H,2-4,7-9H2,1H3. The Balaban J connectivity index is 2.25. The molecule has 0 spiro atoms. The molecule has 0 aliphatic heterocycles. The number of rotatable bonds is 8. The Morgan fingerprint density at radius 2 is 2.11 bits per heavy atom. The zero-order valence-corrected chi connectivity index (χ0v) is 10.7. The van der Waals surface area contributed by atoms with Gasteiger partial charge in [-0.05, 0) is 31.0 Å². The van der Waals surface area contributed by atoms with Crippen molar-refractivity contribution in [2.45, 2.75) is 26.2 Å². The summed E-state index contributed by atoms with van der Waals surface area (Å²) in [5.74, 6) is -0.389. The second kappa shape index (κ2) is 8.48. The molecule has 3 nitrogen and oxygen atoms in total. The van der Waals surface area contributed by atoms with Gasteiger partial charge in [0.05, 0.1) is 11.3 Å². The zero-order chi connectivity index (χ0) is 13.2. The Morgan fingerprint density at radius 3 is 2.83 bits per heavy atom. The van der Waals surface area contributed by atoms with Gasteiger partial charge in [-0.2, -0.15) is 5.26 Å². The minimum atomic E-state index is -0.389. The molecule has 0 fully saturated rings. The number of nitrogens with one attached hydrogen (secondary N) is 1. The highest BCUT2D eigenvalue weighted by Crippen LogP contribution is 2.15. The molecule has 98 valence electrons. The van der Waals surface area contributed by atoms with Crippen molar-refractivity contribution in [3.05, 3.63) is 29.6 Å². The first-order valence-corrected chi connectivity index (χ1v) is 6.29. The summed E-state index contributed by atoms with van der Waals surface area (Å²) in [5.41, 5.74) is 1.01. The monoisotopic (exact) mass is 250 g/mol. The fourth-order valence-corrected chi connectivity index (χ4v) is 1.51. The van der Waals surface area contributed by atoms with Crippen LogP contribution >= 0.6 is 0 Å². The minimum Gasteiger partial charge on any atom is -0.384 e. The summed E-state index contributed by atoms with van der Waals surface area (Å²) >= 11 is 0. The fraction of sp³-hybridized carbons (Fsp3) is 0.500. The first-order chi connectivity index (χ1) is 8.77. The van der Waals surface area contributed by atoms with Crippen LogP contribution < -0.4 is 5.32 Å².